The minimum atomic E-state index is -2.91. The van der Waals surface area contributed by atoms with Crippen molar-refractivity contribution in [3.63, 3.8) is 0 Å². The predicted octanol–water partition coefficient (Wildman–Crippen LogP) is 4.02. The van der Waals surface area contributed by atoms with Gasteiger partial charge >= 0.3 is 6.43 Å². The molecule has 1 atom stereocenters. The Labute approximate surface area is 204 Å². The molecule has 36 heavy (non-hydrogen) atoms. The van der Waals surface area contributed by atoms with Crippen LogP contribution in [0, 0.1) is 6.92 Å². The Balaban J connectivity index is 1.69. The van der Waals surface area contributed by atoms with Crippen LogP contribution >= 0.6 is 0 Å². The van der Waals surface area contributed by atoms with Gasteiger partial charge in [0.25, 0.3) is 11.8 Å². The SMILES string of the molecule is CNC(=O)c1ccc(Nc2ncc(-c3nc(C(F)F)no3)c(N[C@H](CO)c3ccccc3)n2)cc1C. The van der Waals surface area contributed by atoms with Crippen LogP contribution in [0.3, 0.4) is 0 Å². The van der Waals surface area contributed by atoms with Gasteiger partial charge in [-0.25, -0.2) is 13.8 Å². The molecule has 4 aromatic rings. The number of amides is 1. The highest BCUT2D eigenvalue weighted by molar-refractivity contribution is 5.95. The fourth-order valence-corrected chi connectivity index (χ4v) is 3.49. The van der Waals surface area contributed by atoms with Gasteiger partial charge in [0, 0.05) is 24.5 Å². The van der Waals surface area contributed by atoms with Crippen molar-refractivity contribution in [2.75, 3.05) is 24.3 Å². The highest BCUT2D eigenvalue weighted by Gasteiger charge is 2.22. The van der Waals surface area contributed by atoms with E-state index in [1.165, 1.54) is 6.20 Å². The lowest BCUT2D eigenvalue weighted by atomic mass is 10.1. The molecule has 0 fully saturated rings. The van der Waals surface area contributed by atoms with Crippen molar-refractivity contribution in [2.24, 2.45) is 0 Å². The number of rotatable bonds is 9. The molecule has 0 bridgehead atoms. The molecular weight excluding hydrogens is 472 g/mol. The number of aliphatic hydroxyl groups is 1. The van der Waals surface area contributed by atoms with E-state index in [4.69, 9.17) is 4.52 Å². The van der Waals surface area contributed by atoms with Crippen molar-refractivity contribution in [2.45, 2.75) is 19.4 Å². The number of hydrogen-bond donors (Lipinski definition) is 4. The van der Waals surface area contributed by atoms with Gasteiger partial charge in [-0.2, -0.15) is 9.97 Å². The molecular formula is C24H23F2N7O3. The molecule has 0 unspecified atom stereocenters. The normalized spacial score (nSPS) is 11.8. The zero-order valence-electron chi connectivity index (χ0n) is 19.4. The number of aryl methyl sites for hydroxylation is 1. The minimum absolute atomic E-state index is 0.173. The lowest BCUT2D eigenvalue weighted by molar-refractivity contribution is 0.0962. The number of anilines is 3. The summed E-state index contributed by atoms with van der Waals surface area (Å²) in [4.78, 5) is 24.4. The number of hydrogen-bond acceptors (Lipinski definition) is 9. The second kappa shape index (κ2) is 10.9. The summed E-state index contributed by atoms with van der Waals surface area (Å²) in [6, 6.07) is 13.7. The number of nitrogens with zero attached hydrogens (tertiary/aromatic N) is 4. The van der Waals surface area contributed by atoms with Gasteiger partial charge in [0.1, 0.15) is 11.4 Å². The van der Waals surface area contributed by atoms with E-state index >= 15 is 0 Å². The van der Waals surface area contributed by atoms with Crippen LogP contribution in [0.2, 0.25) is 0 Å². The Bertz CT molecular complexity index is 1350. The first-order valence-corrected chi connectivity index (χ1v) is 10.9. The molecule has 0 aliphatic heterocycles. The van der Waals surface area contributed by atoms with Crippen LogP contribution in [0.15, 0.2) is 59.3 Å². The van der Waals surface area contributed by atoms with E-state index in [2.05, 4.69) is 36.1 Å². The minimum Gasteiger partial charge on any atom is -0.394 e. The van der Waals surface area contributed by atoms with E-state index in [9.17, 15) is 18.7 Å². The van der Waals surface area contributed by atoms with Crippen LogP contribution in [-0.4, -0.2) is 44.8 Å². The summed E-state index contributed by atoms with van der Waals surface area (Å²) in [7, 11) is 1.56. The summed E-state index contributed by atoms with van der Waals surface area (Å²) in [5.41, 5.74) is 2.85. The quantitative estimate of drug-likeness (QED) is 0.271. The summed E-state index contributed by atoms with van der Waals surface area (Å²) in [6.07, 6.45) is -1.55. The van der Waals surface area contributed by atoms with Gasteiger partial charge in [-0.1, -0.05) is 35.5 Å². The van der Waals surface area contributed by atoms with Crippen LogP contribution in [0.25, 0.3) is 11.5 Å². The molecule has 0 saturated heterocycles. The Morgan fingerprint density at radius 2 is 1.92 bits per heavy atom. The molecule has 2 aromatic heterocycles. The number of carbonyl (C=O) groups excluding carboxylic acids is 1. The van der Waals surface area contributed by atoms with Crippen LogP contribution in [-0.2, 0) is 0 Å². The zero-order valence-corrected chi connectivity index (χ0v) is 19.4. The Morgan fingerprint density at radius 1 is 1.14 bits per heavy atom. The number of alkyl halides is 2. The fourth-order valence-electron chi connectivity index (χ4n) is 3.49. The maximum Gasteiger partial charge on any atom is 0.300 e. The van der Waals surface area contributed by atoms with Crippen LogP contribution in [0.5, 0.6) is 0 Å². The van der Waals surface area contributed by atoms with Crippen molar-refractivity contribution in [1.82, 2.24) is 25.4 Å². The van der Waals surface area contributed by atoms with E-state index < -0.39 is 18.3 Å². The van der Waals surface area contributed by atoms with Crippen molar-refractivity contribution in [1.29, 1.82) is 0 Å². The van der Waals surface area contributed by atoms with Gasteiger partial charge in [-0.05, 0) is 36.2 Å². The molecule has 12 heteroatoms. The highest BCUT2D eigenvalue weighted by Crippen LogP contribution is 2.30. The zero-order chi connectivity index (χ0) is 25.7. The number of aromatic nitrogens is 4. The van der Waals surface area contributed by atoms with Crippen molar-refractivity contribution >= 4 is 23.4 Å². The topological polar surface area (TPSA) is 138 Å². The monoisotopic (exact) mass is 495 g/mol. The Hall–Kier alpha value is -4.45. The smallest absolute Gasteiger partial charge is 0.300 e. The summed E-state index contributed by atoms with van der Waals surface area (Å²) < 4.78 is 31.1. The lowest BCUT2D eigenvalue weighted by Crippen LogP contribution is -2.19. The fraction of sp³-hybridized carbons (Fsp3) is 0.208. The third-order valence-electron chi connectivity index (χ3n) is 5.31. The van der Waals surface area contributed by atoms with E-state index in [0.29, 0.717) is 11.3 Å². The highest BCUT2D eigenvalue weighted by atomic mass is 19.3. The average Bonchev–Trinajstić information content (AvgIpc) is 3.38. The van der Waals surface area contributed by atoms with Crippen LogP contribution < -0.4 is 16.0 Å². The summed E-state index contributed by atoms with van der Waals surface area (Å²) in [5, 5.41) is 22.1. The predicted molar refractivity (Wildman–Crippen MR) is 128 cm³/mol. The number of nitrogens with one attached hydrogen (secondary N) is 3. The molecule has 4 N–H and O–H groups in total. The number of halogens is 2. The Morgan fingerprint density at radius 3 is 2.56 bits per heavy atom. The van der Waals surface area contributed by atoms with Crippen LogP contribution in [0.1, 0.15) is 39.8 Å². The molecule has 2 heterocycles. The molecule has 2 aromatic carbocycles. The molecule has 10 nitrogen and oxygen atoms in total. The maximum absolute atomic E-state index is 13.0. The van der Waals surface area contributed by atoms with Gasteiger partial charge < -0.3 is 25.6 Å². The first-order chi connectivity index (χ1) is 17.4. The number of carbonyl (C=O) groups is 1. The second-order valence-corrected chi connectivity index (χ2v) is 7.74. The molecule has 0 aliphatic rings. The summed E-state index contributed by atoms with van der Waals surface area (Å²) >= 11 is 0. The van der Waals surface area contributed by atoms with Gasteiger partial charge in [0.05, 0.1) is 12.6 Å². The molecule has 186 valence electrons. The maximum atomic E-state index is 13.0. The third-order valence-corrected chi connectivity index (χ3v) is 5.31. The summed E-state index contributed by atoms with van der Waals surface area (Å²) in [6.45, 7) is 1.52. The molecule has 4 rings (SSSR count). The molecule has 1 amide bonds. The first-order valence-electron chi connectivity index (χ1n) is 10.9. The van der Waals surface area contributed by atoms with Gasteiger partial charge in [-0.15, -0.1) is 0 Å². The molecule has 0 spiro atoms. The molecule has 0 saturated carbocycles. The van der Waals surface area contributed by atoms with E-state index in [1.54, 1.807) is 32.2 Å². The van der Waals surface area contributed by atoms with Crippen LogP contribution in [0.4, 0.5) is 26.2 Å². The van der Waals surface area contributed by atoms with E-state index in [1.807, 2.05) is 30.3 Å². The lowest BCUT2D eigenvalue weighted by Gasteiger charge is -2.19. The van der Waals surface area contributed by atoms with E-state index in [0.717, 1.165) is 11.1 Å². The average molecular weight is 495 g/mol. The first kappa shape index (κ1) is 24.7. The van der Waals surface area contributed by atoms with Crippen molar-refractivity contribution in [3.8, 4) is 11.5 Å². The molecule has 0 radical (unpaired) electrons. The molecule has 0 aliphatic carbocycles. The van der Waals surface area contributed by atoms with E-state index in [-0.39, 0.29) is 35.7 Å². The summed E-state index contributed by atoms with van der Waals surface area (Å²) in [5.74, 6) is -0.809. The van der Waals surface area contributed by atoms with Crippen molar-refractivity contribution in [3.05, 3.63) is 77.2 Å². The van der Waals surface area contributed by atoms with Gasteiger partial charge in [-0.3, -0.25) is 4.79 Å². The standard InChI is InChI=1S/C24H23F2N7O3/c1-13-10-15(8-9-16(13)22(35)27-2)29-24-28-11-17(23-31-21(19(25)26)33-36-23)20(32-24)30-18(12-34)14-6-4-3-5-7-14/h3-11,18-19,34H,12H2,1-2H3,(H,27,35)(H2,28,29,30,32)/t18-/m1/s1. The largest absolute Gasteiger partial charge is 0.394 e. The second-order valence-electron chi connectivity index (χ2n) is 7.74. The van der Waals surface area contributed by atoms with Crippen molar-refractivity contribution < 1.29 is 23.2 Å². The van der Waals surface area contributed by atoms with Gasteiger partial charge in [0.15, 0.2) is 0 Å². The number of aliphatic hydroxyl groups excluding tert-OH is 1. The Kier molecular flexibility index (Phi) is 7.44. The third kappa shape index (κ3) is 5.44. The van der Waals surface area contributed by atoms with Gasteiger partial charge in [0.2, 0.25) is 11.8 Å². The number of benzene rings is 2.